The van der Waals surface area contributed by atoms with Crippen LogP contribution in [0.4, 0.5) is 5.69 Å². The Kier molecular flexibility index (Phi) is 5.16. The van der Waals surface area contributed by atoms with Crippen molar-refractivity contribution in [2.45, 2.75) is 33.1 Å². The zero-order valence-electron chi connectivity index (χ0n) is 12.6. The normalized spacial score (nSPS) is 10.7. The van der Waals surface area contributed by atoms with E-state index >= 15 is 0 Å². The summed E-state index contributed by atoms with van der Waals surface area (Å²) in [5.41, 5.74) is 2.44. The summed E-state index contributed by atoms with van der Waals surface area (Å²) in [4.78, 5) is 7.10. The molecule has 0 saturated heterocycles. The van der Waals surface area contributed by atoms with Crippen molar-refractivity contribution in [2.75, 3.05) is 18.0 Å². The molecule has 2 nitrogen and oxygen atoms in total. The third-order valence-electron chi connectivity index (χ3n) is 3.63. The maximum Gasteiger partial charge on any atom is 0.0632 e. The van der Waals surface area contributed by atoms with Gasteiger partial charge in [0.2, 0.25) is 0 Å². The van der Waals surface area contributed by atoms with E-state index in [-0.39, 0.29) is 0 Å². The average molecular weight is 268 g/mol. The first kappa shape index (κ1) is 14.6. The second-order valence-corrected chi connectivity index (χ2v) is 5.05. The van der Waals surface area contributed by atoms with Gasteiger partial charge in [-0.25, -0.2) is 0 Å². The predicted octanol–water partition coefficient (Wildman–Crippen LogP) is 4.59. The molecule has 0 atom stereocenters. The van der Waals surface area contributed by atoms with E-state index in [1.54, 1.807) is 0 Å². The number of hydrogen-bond acceptors (Lipinski definition) is 2. The maximum atomic E-state index is 4.67. The van der Waals surface area contributed by atoms with Crippen molar-refractivity contribution in [3.63, 3.8) is 0 Å². The van der Waals surface area contributed by atoms with E-state index in [1.165, 1.54) is 22.2 Å². The van der Waals surface area contributed by atoms with Crippen LogP contribution in [0.15, 0.2) is 43.1 Å². The van der Waals surface area contributed by atoms with E-state index < -0.39 is 0 Å². The van der Waals surface area contributed by atoms with Crippen molar-refractivity contribution in [3.05, 3.63) is 48.8 Å². The molecule has 0 amide bonds. The summed E-state index contributed by atoms with van der Waals surface area (Å²) in [5, 5.41) is 2.60. The molecule has 106 valence electrons. The van der Waals surface area contributed by atoms with Gasteiger partial charge in [-0.3, -0.25) is 4.98 Å². The first-order valence-electron chi connectivity index (χ1n) is 7.54. The minimum Gasteiger partial charge on any atom is -0.369 e. The number of aromatic nitrogens is 1. The van der Waals surface area contributed by atoms with Crippen LogP contribution >= 0.6 is 0 Å². The number of pyridine rings is 1. The highest BCUT2D eigenvalue weighted by molar-refractivity contribution is 5.95. The number of nitrogens with zero attached hydrogens (tertiary/aromatic N) is 2. The molecule has 20 heavy (non-hydrogen) atoms. The Morgan fingerprint density at radius 1 is 1.15 bits per heavy atom. The summed E-state index contributed by atoms with van der Waals surface area (Å²) in [7, 11) is 0. The van der Waals surface area contributed by atoms with Gasteiger partial charge in [0.05, 0.1) is 11.9 Å². The summed E-state index contributed by atoms with van der Waals surface area (Å²) in [6.07, 6.45) is 7.14. The molecule has 0 fully saturated rings. The zero-order valence-corrected chi connectivity index (χ0v) is 12.6. The van der Waals surface area contributed by atoms with Gasteiger partial charge >= 0.3 is 0 Å². The van der Waals surface area contributed by atoms with Crippen LogP contribution in [0.2, 0.25) is 0 Å². The molecule has 0 N–H and O–H groups in total. The highest BCUT2D eigenvalue weighted by atomic mass is 15.1. The van der Waals surface area contributed by atoms with Crippen LogP contribution in [0.25, 0.3) is 10.8 Å². The highest BCUT2D eigenvalue weighted by Crippen LogP contribution is 2.28. The van der Waals surface area contributed by atoms with Crippen LogP contribution in [0.1, 0.15) is 32.4 Å². The quantitative estimate of drug-likeness (QED) is 0.683. The molecule has 2 heteroatoms. The summed E-state index contributed by atoms with van der Waals surface area (Å²) in [5.74, 6) is 0. The molecule has 0 spiro atoms. The van der Waals surface area contributed by atoms with E-state index in [2.05, 4.69) is 54.6 Å². The molecule has 2 rings (SSSR count). The first-order chi connectivity index (χ1) is 9.81. The fraction of sp³-hybridized carbons (Fsp3) is 0.389. The van der Waals surface area contributed by atoms with Crippen LogP contribution in [-0.2, 0) is 6.42 Å². The number of anilines is 1. The van der Waals surface area contributed by atoms with Crippen molar-refractivity contribution in [2.24, 2.45) is 0 Å². The van der Waals surface area contributed by atoms with E-state index in [1.807, 2.05) is 12.3 Å². The summed E-state index contributed by atoms with van der Waals surface area (Å²) >= 11 is 0. The Labute approximate surface area is 122 Å². The Morgan fingerprint density at radius 2 is 1.90 bits per heavy atom. The van der Waals surface area contributed by atoms with Crippen molar-refractivity contribution in [1.82, 2.24) is 4.98 Å². The van der Waals surface area contributed by atoms with Crippen LogP contribution in [-0.4, -0.2) is 18.1 Å². The third kappa shape index (κ3) is 3.01. The maximum absolute atomic E-state index is 4.67. The second kappa shape index (κ2) is 7.09. The molecule has 0 radical (unpaired) electrons. The van der Waals surface area contributed by atoms with Crippen LogP contribution in [0, 0.1) is 0 Å². The van der Waals surface area contributed by atoms with E-state index in [0.717, 1.165) is 32.4 Å². The number of hydrogen-bond donors (Lipinski definition) is 0. The van der Waals surface area contributed by atoms with Gasteiger partial charge in [-0.2, -0.15) is 0 Å². The molecule has 0 aliphatic heterocycles. The van der Waals surface area contributed by atoms with Crippen molar-refractivity contribution >= 4 is 16.5 Å². The lowest BCUT2D eigenvalue weighted by Crippen LogP contribution is -2.25. The lowest BCUT2D eigenvalue weighted by molar-refractivity contribution is 0.765. The smallest absolute Gasteiger partial charge is 0.0632 e. The number of fused-ring (bicyclic) bond motifs is 1. The first-order valence-corrected chi connectivity index (χ1v) is 7.54. The van der Waals surface area contributed by atoms with Gasteiger partial charge in [-0.05, 0) is 19.3 Å². The standard InChI is InChI=1S/C18H24N2/c1-4-7-13-20(12-5-2)18-14-19-17(6-3)15-10-8-9-11-16(15)18/h4,8-11,14H,1,5-7,12-13H2,2-3H3. The molecule has 0 aliphatic carbocycles. The van der Waals surface area contributed by atoms with Gasteiger partial charge in [0.1, 0.15) is 0 Å². The molecule has 1 aromatic heterocycles. The molecule has 0 saturated carbocycles. The highest BCUT2D eigenvalue weighted by Gasteiger charge is 2.11. The molecular weight excluding hydrogens is 244 g/mol. The Balaban J connectivity index is 2.48. The fourth-order valence-corrected chi connectivity index (χ4v) is 2.64. The summed E-state index contributed by atoms with van der Waals surface area (Å²) in [6.45, 7) is 10.3. The molecule has 1 heterocycles. The topological polar surface area (TPSA) is 16.1 Å². The number of rotatable bonds is 7. The minimum atomic E-state index is 0.973. The SMILES string of the molecule is C=CCCN(CCC)c1cnc(CC)c2ccccc12. The van der Waals surface area contributed by atoms with Gasteiger partial charge in [-0.15, -0.1) is 6.58 Å². The van der Waals surface area contributed by atoms with Gasteiger partial charge in [0.25, 0.3) is 0 Å². The minimum absolute atomic E-state index is 0.973. The number of benzene rings is 1. The van der Waals surface area contributed by atoms with Crippen LogP contribution in [0.3, 0.4) is 0 Å². The lowest BCUT2D eigenvalue weighted by Gasteiger charge is -2.25. The van der Waals surface area contributed by atoms with Gasteiger partial charge < -0.3 is 4.90 Å². The van der Waals surface area contributed by atoms with Gasteiger partial charge in [0, 0.05) is 29.6 Å². The van der Waals surface area contributed by atoms with Crippen LogP contribution < -0.4 is 4.90 Å². The van der Waals surface area contributed by atoms with Gasteiger partial charge in [-0.1, -0.05) is 44.2 Å². The molecule has 0 bridgehead atoms. The largest absolute Gasteiger partial charge is 0.369 e. The summed E-state index contributed by atoms with van der Waals surface area (Å²) in [6, 6.07) is 8.61. The van der Waals surface area contributed by atoms with Crippen molar-refractivity contribution in [3.8, 4) is 0 Å². The second-order valence-electron chi connectivity index (χ2n) is 5.05. The van der Waals surface area contributed by atoms with Gasteiger partial charge in [0.15, 0.2) is 0 Å². The van der Waals surface area contributed by atoms with Crippen LogP contribution in [0.5, 0.6) is 0 Å². The zero-order chi connectivity index (χ0) is 14.4. The van der Waals surface area contributed by atoms with E-state index in [0.29, 0.717) is 0 Å². The fourth-order valence-electron chi connectivity index (χ4n) is 2.64. The van der Waals surface area contributed by atoms with Crippen molar-refractivity contribution in [1.29, 1.82) is 0 Å². The summed E-state index contributed by atoms with van der Waals surface area (Å²) < 4.78 is 0. The molecular formula is C18H24N2. The third-order valence-corrected chi connectivity index (χ3v) is 3.63. The Morgan fingerprint density at radius 3 is 2.55 bits per heavy atom. The molecule has 0 aliphatic rings. The molecule has 0 unspecified atom stereocenters. The predicted molar refractivity (Wildman–Crippen MR) is 88.4 cm³/mol. The molecule has 1 aromatic carbocycles. The number of aryl methyl sites for hydroxylation is 1. The van der Waals surface area contributed by atoms with E-state index in [9.17, 15) is 0 Å². The van der Waals surface area contributed by atoms with Crippen molar-refractivity contribution < 1.29 is 0 Å². The lowest BCUT2D eigenvalue weighted by atomic mass is 10.1. The average Bonchev–Trinajstić information content (AvgIpc) is 2.50. The monoisotopic (exact) mass is 268 g/mol. The molecule has 2 aromatic rings. The Hall–Kier alpha value is -1.83. The Bertz CT molecular complexity index is 575. The van der Waals surface area contributed by atoms with E-state index in [4.69, 9.17) is 0 Å².